The molecule has 0 heterocycles. The highest BCUT2D eigenvalue weighted by Gasteiger charge is 2.15. The van der Waals surface area contributed by atoms with Crippen LogP contribution in [0.1, 0.15) is 26.3 Å². The lowest BCUT2D eigenvalue weighted by Gasteiger charge is -2.12. The van der Waals surface area contributed by atoms with E-state index in [1.54, 1.807) is 36.4 Å². The fourth-order valence-electron chi connectivity index (χ4n) is 2.55. The van der Waals surface area contributed by atoms with Gasteiger partial charge in [0.05, 0.1) is 16.2 Å². The SMILES string of the molecule is Cc1ccc(NC(=O)c2ccccc2NC(=O)c2ccc([N+](=O)[O-])cc2)cc1. The predicted molar refractivity (Wildman–Crippen MR) is 107 cm³/mol. The zero-order valence-corrected chi connectivity index (χ0v) is 15.0. The van der Waals surface area contributed by atoms with Gasteiger partial charge in [0.15, 0.2) is 0 Å². The zero-order valence-electron chi connectivity index (χ0n) is 15.0. The van der Waals surface area contributed by atoms with Crippen LogP contribution in [0.25, 0.3) is 0 Å². The first kappa shape index (κ1) is 18.8. The Morgan fingerprint density at radius 3 is 2.11 bits per heavy atom. The Kier molecular flexibility index (Phi) is 5.45. The number of nitro groups is 1. The van der Waals surface area contributed by atoms with Gasteiger partial charge in [-0.1, -0.05) is 29.8 Å². The molecule has 3 aromatic carbocycles. The predicted octanol–water partition coefficient (Wildman–Crippen LogP) is 4.41. The fourth-order valence-corrected chi connectivity index (χ4v) is 2.55. The first-order valence-corrected chi connectivity index (χ1v) is 8.47. The molecular weight excluding hydrogens is 358 g/mol. The number of benzene rings is 3. The van der Waals surface area contributed by atoms with Crippen molar-refractivity contribution in [2.45, 2.75) is 6.92 Å². The molecule has 3 rings (SSSR count). The van der Waals surface area contributed by atoms with Crippen LogP contribution in [0, 0.1) is 17.0 Å². The van der Waals surface area contributed by atoms with Crippen molar-refractivity contribution >= 4 is 28.9 Å². The summed E-state index contributed by atoms with van der Waals surface area (Å²) < 4.78 is 0. The van der Waals surface area contributed by atoms with Gasteiger partial charge in [0.1, 0.15) is 0 Å². The molecule has 3 aromatic rings. The number of hydrogen-bond acceptors (Lipinski definition) is 4. The van der Waals surface area contributed by atoms with Crippen LogP contribution in [0.5, 0.6) is 0 Å². The van der Waals surface area contributed by atoms with Gasteiger partial charge in [0, 0.05) is 23.4 Å². The molecule has 0 radical (unpaired) electrons. The van der Waals surface area contributed by atoms with Crippen LogP contribution in [0.3, 0.4) is 0 Å². The number of aryl methyl sites for hydroxylation is 1. The molecule has 0 aliphatic rings. The highest BCUT2D eigenvalue weighted by Crippen LogP contribution is 2.19. The van der Waals surface area contributed by atoms with Crippen LogP contribution < -0.4 is 10.6 Å². The van der Waals surface area contributed by atoms with E-state index in [9.17, 15) is 19.7 Å². The number of rotatable bonds is 5. The topological polar surface area (TPSA) is 101 Å². The molecule has 2 N–H and O–H groups in total. The van der Waals surface area contributed by atoms with Crippen LogP contribution in [0.15, 0.2) is 72.8 Å². The maximum absolute atomic E-state index is 12.6. The molecule has 7 nitrogen and oxygen atoms in total. The Labute approximate surface area is 161 Å². The van der Waals surface area contributed by atoms with Crippen LogP contribution in [-0.4, -0.2) is 16.7 Å². The molecule has 0 aromatic heterocycles. The molecule has 0 spiro atoms. The van der Waals surface area contributed by atoms with E-state index in [-0.39, 0.29) is 17.2 Å². The molecule has 28 heavy (non-hydrogen) atoms. The summed E-state index contributed by atoms with van der Waals surface area (Å²) in [5.74, 6) is -0.825. The summed E-state index contributed by atoms with van der Waals surface area (Å²) in [6, 6.07) is 19.2. The van der Waals surface area contributed by atoms with Gasteiger partial charge in [-0.05, 0) is 43.3 Å². The van der Waals surface area contributed by atoms with E-state index in [1.807, 2.05) is 19.1 Å². The second kappa shape index (κ2) is 8.13. The van der Waals surface area contributed by atoms with Gasteiger partial charge in [0.25, 0.3) is 17.5 Å². The summed E-state index contributed by atoms with van der Waals surface area (Å²) in [7, 11) is 0. The molecule has 0 fully saturated rings. The van der Waals surface area contributed by atoms with Gasteiger partial charge >= 0.3 is 0 Å². The molecule has 0 saturated heterocycles. The molecular formula is C21H17N3O4. The highest BCUT2D eigenvalue weighted by atomic mass is 16.6. The van der Waals surface area contributed by atoms with Crippen molar-refractivity contribution in [1.82, 2.24) is 0 Å². The fraction of sp³-hybridized carbons (Fsp3) is 0.0476. The minimum absolute atomic E-state index is 0.102. The number of hydrogen-bond donors (Lipinski definition) is 2. The van der Waals surface area contributed by atoms with E-state index in [1.165, 1.54) is 24.3 Å². The average Bonchev–Trinajstić information content (AvgIpc) is 2.70. The molecule has 2 amide bonds. The summed E-state index contributed by atoms with van der Waals surface area (Å²) in [6.07, 6.45) is 0. The third-order valence-corrected chi connectivity index (χ3v) is 4.07. The van der Waals surface area contributed by atoms with Crippen molar-refractivity contribution in [3.63, 3.8) is 0 Å². The van der Waals surface area contributed by atoms with Crippen LogP contribution in [-0.2, 0) is 0 Å². The Balaban J connectivity index is 1.77. The second-order valence-corrected chi connectivity index (χ2v) is 6.12. The Bertz CT molecular complexity index is 1030. The van der Waals surface area contributed by atoms with Crippen molar-refractivity contribution in [3.05, 3.63) is 99.6 Å². The number of non-ortho nitro benzene ring substituents is 1. The van der Waals surface area contributed by atoms with Crippen molar-refractivity contribution in [3.8, 4) is 0 Å². The maximum atomic E-state index is 12.6. The maximum Gasteiger partial charge on any atom is 0.269 e. The molecule has 0 atom stereocenters. The minimum Gasteiger partial charge on any atom is -0.322 e. The first-order valence-electron chi connectivity index (χ1n) is 8.47. The lowest BCUT2D eigenvalue weighted by molar-refractivity contribution is -0.384. The van der Waals surface area contributed by atoms with Gasteiger partial charge in [-0.2, -0.15) is 0 Å². The van der Waals surface area contributed by atoms with Crippen molar-refractivity contribution in [1.29, 1.82) is 0 Å². The van der Waals surface area contributed by atoms with E-state index in [0.717, 1.165) is 5.56 Å². The van der Waals surface area contributed by atoms with Gasteiger partial charge in [0.2, 0.25) is 0 Å². The van der Waals surface area contributed by atoms with Crippen LogP contribution >= 0.6 is 0 Å². The Morgan fingerprint density at radius 1 is 0.821 bits per heavy atom. The number of nitrogens with zero attached hydrogens (tertiary/aromatic N) is 1. The van der Waals surface area contributed by atoms with Crippen molar-refractivity contribution in [2.75, 3.05) is 10.6 Å². The van der Waals surface area contributed by atoms with E-state index in [0.29, 0.717) is 16.9 Å². The number of amides is 2. The number of carbonyl (C=O) groups excluding carboxylic acids is 2. The normalized spacial score (nSPS) is 10.2. The summed E-state index contributed by atoms with van der Waals surface area (Å²) in [5.41, 5.74) is 2.52. The minimum atomic E-state index is -0.535. The third-order valence-electron chi connectivity index (χ3n) is 4.07. The van der Waals surface area contributed by atoms with Crippen LogP contribution in [0.4, 0.5) is 17.1 Å². The lowest BCUT2D eigenvalue weighted by atomic mass is 10.1. The number of carbonyl (C=O) groups is 2. The van der Waals surface area contributed by atoms with Gasteiger partial charge in [-0.25, -0.2) is 0 Å². The number of nitrogens with one attached hydrogen (secondary N) is 2. The van der Waals surface area contributed by atoms with Crippen LogP contribution in [0.2, 0.25) is 0 Å². The third kappa shape index (κ3) is 4.39. The molecule has 7 heteroatoms. The standard InChI is InChI=1S/C21H17N3O4/c1-14-6-10-16(11-7-14)22-21(26)18-4-2-3-5-19(18)23-20(25)15-8-12-17(13-9-15)24(27)28/h2-13H,1H3,(H,22,26)(H,23,25). The summed E-state index contributed by atoms with van der Waals surface area (Å²) in [5, 5.41) is 16.2. The van der Waals surface area contributed by atoms with Crippen molar-refractivity contribution < 1.29 is 14.5 Å². The monoisotopic (exact) mass is 375 g/mol. The summed E-state index contributed by atoms with van der Waals surface area (Å²) >= 11 is 0. The lowest BCUT2D eigenvalue weighted by Crippen LogP contribution is -2.18. The Hall–Kier alpha value is -4.00. The van der Waals surface area contributed by atoms with E-state index < -0.39 is 10.8 Å². The second-order valence-electron chi connectivity index (χ2n) is 6.12. The molecule has 0 aliphatic carbocycles. The molecule has 0 aliphatic heterocycles. The summed E-state index contributed by atoms with van der Waals surface area (Å²) in [4.78, 5) is 35.3. The molecule has 140 valence electrons. The number of para-hydroxylation sites is 1. The number of anilines is 2. The first-order chi connectivity index (χ1) is 13.4. The Morgan fingerprint density at radius 2 is 1.46 bits per heavy atom. The van der Waals surface area contributed by atoms with Gasteiger partial charge in [-0.3, -0.25) is 19.7 Å². The smallest absolute Gasteiger partial charge is 0.269 e. The van der Waals surface area contributed by atoms with E-state index in [2.05, 4.69) is 10.6 Å². The zero-order chi connectivity index (χ0) is 20.1. The highest BCUT2D eigenvalue weighted by molar-refractivity contribution is 6.12. The van der Waals surface area contributed by atoms with Gasteiger partial charge in [-0.15, -0.1) is 0 Å². The van der Waals surface area contributed by atoms with E-state index in [4.69, 9.17) is 0 Å². The van der Waals surface area contributed by atoms with Crippen molar-refractivity contribution in [2.24, 2.45) is 0 Å². The molecule has 0 unspecified atom stereocenters. The molecule has 0 bridgehead atoms. The average molecular weight is 375 g/mol. The van der Waals surface area contributed by atoms with E-state index >= 15 is 0 Å². The van der Waals surface area contributed by atoms with Gasteiger partial charge < -0.3 is 10.6 Å². The quantitative estimate of drug-likeness (QED) is 0.509. The largest absolute Gasteiger partial charge is 0.322 e. The molecule has 0 saturated carbocycles. The number of nitro benzene ring substituents is 1. The summed E-state index contributed by atoms with van der Waals surface area (Å²) in [6.45, 7) is 1.95.